The molecule has 0 bridgehead atoms. The molecule has 0 saturated carbocycles. The number of nitrogens with zero attached hydrogens (tertiary/aromatic N) is 2. The fourth-order valence-corrected chi connectivity index (χ4v) is 6.22. The Hall–Kier alpha value is -3.89. The Morgan fingerprint density at radius 3 is 2.33 bits per heavy atom. The second kappa shape index (κ2) is 14.3. The van der Waals surface area contributed by atoms with Crippen molar-refractivity contribution >= 4 is 27.0 Å². The molecule has 218 valence electrons. The van der Waals surface area contributed by atoms with Crippen LogP contribution in [0.3, 0.4) is 0 Å². The molecule has 0 fully saturated rings. The van der Waals surface area contributed by atoms with Gasteiger partial charge in [-0.1, -0.05) is 67.6 Å². The maximum Gasteiger partial charge on any atom is 0.261 e. The summed E-state index contributed by atoms with van der Waals surface area (Å²) in [7, 11) is -3.72. The summed E-state index contributed by atoms with van der Waals surface area (Å²) in [5.41, 5.74) is 6.60. The SMILES string of the molecule is C.Cc1ccc(-c2csc(Cc3ccc(S(=O)(=O)Nc4ccc(CCNC[C@H](O)c5cccnc5)cc4)cc3)n2)cc1. The van der Waals surface area contributed by atoms with Crippen LogP contribution in [0.15, 0.2) is 108 Å². The van der Waals surface area contributed by atoms with Crippen LogP contribution in [0.5, 0.6) is 0 Å². The van der Waals surface area contributed by atoms with E-state index in [2.05, 4.69) is 51.6 Å². The summed E-state index contributed by atoms with van der Waals surface area (Å²) in [4.78, 5) is 8.99. The third kappa shape index (κ3) is 8.33. The van der Waals surface area contributed by atoms with Crippen LogP contribution in [0.4, 0.5) is 5.69 Å². The van der Waals surface area contributed by atoms with Gasteiger partial charge in [-0.25, -0.2) is 13.4 Å². The van der Waals surface area contributed by atoms with E-state index >= 15 is 0 Å². The number of sulfonamides is 1. The maximum absolute atomic E-state index is 13.0. The lowest BCUT2D eigenvalue weighted by atomic mass is 10.1. The topological polar surface area (TPSA) is 104 Å². The van der Waals surface area contributed by atoms with Crippen molar-refractivity contribution < 1.29 is 13.5 Å². The van der Waals surface area contributed by atoms with E-state index in [1.54, 1.807) is 54.1 Å². The number of anilines is 1. The first-order valence-electron chi connectivity index (χ1n) is 13.4. The summed E-state index contributed by atoms with van der Waals surface area (Å²) in [6.07, 6.45) is 4.11. The predicted octanol–water partition coefficient (Wildman–Crippen LogP) is 6.41. The van der Waals surface area contributed by atoms with Gasteiger partial charge in [-0.15, -0.1) is 11.3 Å². The van der Waals surface area contributed by atoms with Crippen LogP contribution < -0.4 is 10.0 Å². The highest BCUT2D eigenvalue weighted by Crippen LogP contribution is 2.25. The molecule has 3 aromatic carbocycles. The van der Waals surface area contributed by atoms with E-state index in [1.165, 1.54) is 5.56 Å². The van der Waals surface area contributed by atoms with Gasteiger partial charge in [0.25, 0.3) is 10.0 Å². The number of benzene rings is 3. The third-order valence-corrected chi connectivity index (χ3v) is 8.94. The van der Waals surface area contributed by atoms with E-state index in [-0.39, 0.29) is 12.3 Å². The molecule has 0 aliphatic heterocycles. The van der Waals surface area contributed by atoms with E-state index in [4.69, 9.17) is 4.98 Å². The van der Waals surface area contributed by atoms with Crippen LogP contribution >= 0.6 is 11.3 Å². The maximum atomic E-state index is 13.0. The number of aryl methyl sites for hydroxylation is 1. The number of aromatic nitrogens is 2. The highest BCUT2D eigenvalue weighted by atomic mass is 32.2. The minimum atomic E-state index is -3.72. The second-order valence-electron chi connectivity index (χ2n) is 9.87. The second-order valence-corrected chi connectivity index (χ2v) is 12.5. The number of rotatable bonds is 12. The van der Waals surface area contributed by atoms with Crippen LogP contribution in [0, 0.1) is 6.92 Å². The monoisotopic (exact) mass is 600 g/mol. The molecule has 0 aliphatic carbocycles. The molecular formula is C33H36N4O3S2. The molecule has 3 N–H and O–H groups in total. The average molecular weight is 601 g/mol. The number of aliphatic hydroxyl groups is 1. The quantitative estimate of drug-likeness (QED) is 0.143. The first kappa shape index (κ1) is 31.1. The van der Waals surface area contributed by atoms with Gasteiger partial charge in [0.15, 0.2) is 0 Å². The van der Waals surface area contributed by atoms with Gasteiger partial charge in [-0.3, -0.25) is 9.71 Å². The fraction of sp³-hybridized carbons (Fsp3) is 0.212. The van der Waals surface area contributed by atoms with Gasteiger partial charge in [-0.05, 0) is 61.3 Å². The molecule has 0 amide bonds. The summed E-state index contributed by atoms with van der Waals surface area (Å²) in [6.45, 7) is 3.18. The van der Waals surface area contributed by atoms with E-state index in [9.17, 15) is 13.5 Å². The van der Waals surface area contributed by atoms with Gasteiger partial charge in [0.1, 0.15) is 0 Å². The van der Waals surface area contributed by atoms with E-state index in [0.717, 1.165) is 39.4 Å². The van der Waals surface area contributed by atoms with Gasteiger partial charge in [-0.2, -0.15) is 0 Å². The number of hydrogen-bond donors (Lipinski definition) is 3. The van der Waals surface area contributed by atoms with E-state index < -0.39 is 16.1 Å². The molecule has 0 saturated heterocycles. The molecule has 1 atom stereocenters. The Bertz CT molecular complexity index is 1650. The highest BCUT2D eigenvalue weighted by Gasteiger charge is 2.15. The fourth-order valence-electron chi connectivity index (χ4n) is 4.33. The van der Waals surface area contributed by atoms with Gasteiger partial charge in [0, 0.05) is 47.6 Å². The van der Waals surface area contributed by atoms with E-state index in [1.807, 2.05) is 30.3 Å². The summed E-state index contributed by atoms with van der Waals surface area (Å²) in [6, 6.07) is 26.2. The third-order valence-electron chi connectivity index (χ3n) is 6.69. The van der Waals surface area contributed by atoms with Crippen molar-refractivity contribution in [2.75, 3.05) is 17.8 Å². The van der Waals surface area contributed by atoms with Gasteiger partial charge >= 0.3 is 0 Å². The predicted molar refractivity (Wildman–Crippen MR) is 171 cm³/mol. The number of hydrogen-bond acceptors (Lipinski definition) is 7. The zero-order valence-electron chi connectivity index (χ0n) is 22.7. The number of nitrogens with one attached hydrogen (secondary N) is 2. The van der Waals surface area contributed by atoms with E-state index in [0.29, 0.717) is 25.2 Å². The molecule has 0 spiro atoms. The lowest BCUT2D eigenvalue weighted by Crippen LogP contribution is -2.23. The standard InChI is InChI=1S/C32H32N4O3S2.CH4/c1-23-4-10-26(11-5-23)30-22-40-32(35-30)19-25-8-14-29(15-9-25)41(38,39)36-28-12-6-24(7-13-28)16-18-34-21-31(37)27-3-2-17-33-20-27;/h2-15,17,20,22,31,34,36-37H,16,18-19,21H2,1H3;1H4/t31-;/m0./s1. The van der Waals surface area contributed by atoms with Crippen molar-refractivity contribution in [1.29, 1.82) is 0 Å². The number of pyridine rings is 1. The zero-order chi connectivity index (χ0) is 28.7. The first-order chi connectivity index (χ1) is 19.9. The molecule has 5 rings (SSSR count). The molecule has 9 heteroatoms. The Morgan fingerprint density at radius 2 is 1.64 bits per heavy atom. The zero-order valence-corrected chi connectivity index (χ0v) is 24.3. The largest absolute Gasteiger partial charge is 0.387 e. The summed E-state index contributed by atoms with van der Waals surface area (Å²) >= 11 is 1.60. The van der Waals surface area contributed by atoms with Crippen molar-refractivity contribution in [2.24, 2.45) is 0 Å². The molecule has 0 unspecified atom stereocenters. The van der Waals surface area contributed by atoms with Crippen molar-refractivity contribution in [3.05, 3.63) is 130 Å². The average Bonchev–Trinajstić information content (AvgIpc) is 3.45. The minimum absolute atomic E-state index is 0. The van der Waals surface area contributed by atoms with Crippen molar-refractivity contribution in [1.82, 2.24) is 15.3 Å². The van der Waals surface area contributed by atoms with Crippen LogP contribution in [0.1, 0.15) is 40.8 Å². The summed E-state index contributed by atoms with van der Waals surface area (Å²) in [5, 5.41) is 16.5. The van der Waals surface area contributed by atoms with Crippen LogP contribution in [0.25, 0.3) is 11.3 Å². The lowest BCUT2D eigenvalue weighted by molar-refractivity contribution is 0.174. The Labute approximate surface area is 252 Å². The minimum Gasteiger partial charge on any atom is -0.387 e. The Kier molecular flexibility index (Phi) is 10.6. The molecule has 42 heavy (non-hydrogen) atoms. The first-order valence-corrected chi connectivity index (χ1v) is 15.7. The summed E-state index contributed by atoms with van der Waals surface area (Å²) in [5.74, 6) is 0. The van der Waals surface area contributed by atoms with Crippen LogP contribution in [-0.4, -0.2) is 36.6 Å². The molecule has 0 radical (unpaired) electrons. The number of aliphatic hydroxyl groups excluding tert-OH is 1. The number of thiazole rings is 1. The Morgan fingerprint density at radius 1 is 0.929 bits per heavy atom. The highest BCUT2D eigenvalue weighted by molar-refractivity contribution is 7.92. The van der Waals surface area contributed by atoms with Gasteiger partial charge in [0.2, 0.25) is 0 Å². The lowest BCUT2D eigenvalue weighted by Gasteiger charge is -2.12. The molecular weight excluding hydrogens is 565 g/mol. The van der Waals surface area contributed by atoms with Crippen LogP contribution in [0.2, 0.25) is 0 Å². The van der Waals surface area contributed by atoms with Crippen molar-refractivity contribution in [2.45, 2.75) is 38.2 Å². The van der Waals surface area contributed by atoms with Gasteiger partial charge < -0.3 is 10.4 Å². The Balaban J connectivity index is 0.00000405. The van der Waals surface area contributed by atoms with Gasteiger partial charge in [0.05, 0.1) is 21.7 Å². The molecule has 0 aliphatic rings. The molecule has 2 heterocycles. The van der Waals surface area contributed by atoms with Crippen LogP contribution in [-0.2, 0) is 22.9 Å². The normalized spacial score (nSPS) is 12.0. The smallest absolute Gasteiger partial charge is 0.261 e. The molecule has 7 nitrogen and oxygen atoms in total. The molecule has 2 aromatic heterocycles. The molecule has 5 aromatic rings. The van der Waals surface area contributed by atoms with Crippen molar-refractivity contribution in [3.8, 4) is 11.3 Å². The summed E-state index contributed by atoms with van der Waals surface area (Å²) < 4.78 is 28.6. The van der Waals surface area contributed by atoms with Crippen molar-refractivity contribution in [3.63, 3.8) is 0 Å².